The van der Waals surface area contributed by atoms with Crippen LogP contribution >= 0.6 is 0 Å². The van der Waals surface area contributed by atoms with E-state index in [0.29, 0.717) is 12.0 Å². The number of hydrogen-bond donors (Lipinski definition) is 1. The third kappa shape index (κ3) is 1.74. The Labute approximate surface area is 91.4 Å². The summed E-state index contributed by atoms with van der Waals surface area (Å²) in [6.07, 6.45) is 2.26. The van der Waals surface area contributed by atoms with Crippen LogP contribution in [-0.2, 0) is 0 Å². The van der Waals surface area contributed by atoms with Gasteiger partial charge in [-0.3, -0.25) is 0 Å². The highest BCUT2D eigenvalue weighted by atomic mass is 16.5. The molecule has 0 bridgehead atoms. The molecule has 0 aliphatic heterocycles. The van der Waals surface area contributed by atoms with Crippen molar-refractivity contribution in [2.24, 2.45) is 5.73 Å². The zero-order valence-corrected chi connectivity index (χ0v) is 9.71. The summed E-state index contributed by atoms with van der Waals surface area (Å²) < 4.78 is 5.31. The molecule has 1 saturated carbocycles. The first-order valence-corrected chi connectivity index (χ1v) is 5.53. The monoisotopic (exact) mass is 205 g/mol. The van der Waals surface area contributed by atoms with E-state index >= 15 is 0 Å². The average Bonchev–Trinajstić information content (AvgIpc) is 2.18. The van der Waals surface area contributed by atoms with Gasteiger partial charge in [-0.1, -0.05) is 6.07 Å². The van der Waals surface area contributed by atoms with Crippen molar-refractivity contribution in [1.82, 2.24) is 0 Å². The second kappa shape index (κ2) is 3.86. The Kier molecular flexibility index (Phi) is 2.70. The summed E-state index contributed by atoms with van der Waals surface area (Å²) in [6.45, 7) is 4.30. The molecule has 2 heteroatoms. The quantitative estimate of drug-likeness (QED) is 0.805. The molecule has 1 aromatic rings. The smallest absolute Gasteiger partial charge is 0.122 e. The van der Waals surface area contributed by atoms with E-state index in [9.17, 15) is 0 Å². The number of hydrogen-bond acceptors (Lipinski definition) is 2. The summed E-state index contributed by atoms with van der Waals surface area (Å²) in [5, 5.41) is 0. The van der Waals surface area contributed by atoms with Gasteiger partial charge in [0, 0.05) is 6.04 Å². The first-order chi connectivity index (χ1) is 7.13. The highest BCUT2D eigenvalue weighted by Gasteiger charge is 2.28. The minimum atomic E-state index is 0.414. The third-order valence-corrected chi connectivity index (χ3v) is 3.61. The normalized spacial score (nSPS) is 24.8. The summed E-state index contributed by atoms with van der Waals surface area (Å²) in [4.78, 5) is 0. The van der Waals surface area contributed by atoms with Crippen LogP contribution in [0.1, 0.15) is 35.4 Å². The minimum Gasteiger partial charge on any atom is -0.496 e. The van der Waals surface area contributed by atoms with E-state index in [1.165, 1.54) is 16.7 Å². The SMILES string of the molecule is COc1ccc(C2CC(N)C2)c(C)c1C. The molecule has 15 heavy (non-hydrogen) atoms. The zero-order chi connectivity index (χ0) is 11.0. The molecule has 0 heterocycles. The molecule has 0 radical (unpaired) electrons. The van der Waals surface area contributed by atoms with Crippen LogP contribution in [-0.4, -0.2) is 13.2 Å². The van der Waals surface area contributed by atoms with Crippen molar-refractivity contribution in [1.29, 1.82) is 0 Å². The topological polar surface area (TPSA) is 35.2 Å². The lowest BCUT2D eigenvalue weighted by Gasteiger charge is -2.34. The molecular formula is C13H19NO. The summed E-state index contributed by atoms with van der Waals surface area (Å²) in [5.41, 5.74) is 9.91. The summed E-state index contributed by atoms with van der Waals surface area (Å²) in [5.74, 6) is 1.66. The van der Waals surface area contributed by atoms with Crippen molar-refractivity contribution in [2.45, 2.75) is 38.6 Å². The summed E-state index contributed by atoms with van der Waals surface area (Å²) in [7, 11) is 1.72. The van der Waals surface area contributed by atoms with Crippen LogP contribution in [0.5, 0.6) is 5.75 Å². The molecule has 0 unspecified atom stereocenters. The van der Waals surface area contributed by atoms with Crippen molar-refractivity contribution in [3.05, 3.63) is 28.8 Å². The van der Waals surface area contributed by atoms with Crippen LogP contribution in [0.15, 0.2) is 12.1 Å². The molecule has 0 aromatic heterocycles. The molecule has 0 saturated heterocycles. The fraction of sp³-hybridized carbons (Fsp3) is 0.538. The van der Waals surface area contributed by atoms with Crippen molar-refractivity contribution in [3.63, 3.8) is 0 Å². The van der Waals surface area contributed by atoms with E-state index in [0.717, 1.165) is 18.6 Å². The maximum atomic E-state index is 5.83. The van der Waals surface area contributed by atoms with Gasteiger partial charge >= 0.3 is 0 Å². The molecule has 2 N–H and O–H groups in total. The van der Waals surface area contributed by atoms with E-state index in [4.69, 9.17) is 10.5 Å². The van der Waals surface area contributed by atoms with E-state index in [1.807, 2.05) is 0 Å². The van der Waals surface area contributed by atoms with Gasteiger partial charge in [-0.15, -0.1) is 0 Å². The Morgan fingerprint density at radius 3 is 2.40 bits per heavy atom. The number of nitrogens with two attached hydrogens (primary N) is 1. The number of ether oxygens (including phenoxy) is 1. The predicted octanol–water partition coefficient (Wildman–Crippen LogP) is 2.52. The predicted molar refractivity (Wildman–Crippen MR) is 62.4 cm³/mol. The molecule has 0 amide bonds. The first kappa shape index (κ1) is 10.5. The average molecular weight is 205 g/mol. The molecule has 1 aliphatic rings. The highest BCUT2D eigenvalue weighted by Crippen LogP contribution is 2.39. The van der Waals surface area contributed by atoms with Crippen molar-refractivity contribution in [3.8, 4) is 5.75 Å². The van der Waals surface area contributed by atoms with E-state index in [2.05, 4.69) is 26.0 Å². The van der Waals surface area contributed by atoms with Gasteiger partial charge < -0.3 is 10.5 Å². The lowest BCUT2D eigenvalue weighted by molar-refractivity contribution is 0.349. The number of benzene rings is 1. The maximum absolute atomic E-state index is 5.83. The number of methoxy groups -OCH3 is 1. The largest absolute Gasteiger partial charge is 0.496 e. The van der Waals surface area contributed by atoms with Crippen molar-refractivity contribution >= 4 is 0 Å². The number of rotatable bonds is 2. The van der Waals surface area contributed by atoms with Crippen molar-refractivity contribution < 1.29 is 4.74 Å². The second-order valence-electron chi connectivity index (χ2n) is 4.54. The van der Waals surface area contributed by atoms with Crippen LogP contribution in [0.4, 0.5) is 0 Å². The van der Waals surface area contributed by atoms with Gasteiger partial charge in [0.1, 0.15) is 5.75 Å². The molecular weight excluding hydrogens is 186 g/mol. The molecule has 2 nitrogen and oxygen atoms in total. The fourth-order valence-corrected chi connectivity index (χ4v) is 2.40. The first-order valence-electron chi connectivity index (χ1n) is 5.53. The molecule has 2 rings (SSSR count). The standard InChI is InChI=1S/C13H19NO/c1-8-9(2)13(15-3)5-4-12(8)10-6-11(14)7-10/h4-5,10-11H,6-7,14H2,1-3H3. The lowest BCUT2D eigenvalue weighted by Crippen LogP contribution is -2.35. The van der Waals surface area contributed by atoms with E-state index in [1.54, 1.807) is 7.11 Å². The molecule has 82 valence electrons. The van der Waals surface area contributed by atoms with Gasteiger partial charge in [-0.2, -0.15) is 0 Å². The van der Waals surface area contributed by atoms with Crippen LogP contribution in [0.25, 0.3) is 0 Å². The maximum Gasteiger partial charge on any atom is 0.122 e. The van der Waals surface area contributed by atoms with Gasteiger partial charge in [-0.05, 0) is 55.4 Å². The van der Waals surface area contributed by atoms with Gasteiger partial charge in [0.15, 0.2) is 0 Å². The second-order valence-corrected chi connectivity index (χ2v) is 4.54. The molecule has 1 aromatic carbocycles. The third-order valence-electron chi connectivity index (χ3n) is 3.61. The van der Waals surface area contributed by atoms with Crippen LogP contribution in [0, 0.1) is 13.8 Å². The Morgan fingerprint density at radius 2 is 1.87 bits per heavy atom. The van der Waals surface area contributed by atoms with E-state index in [-0.39, 0.29) is 0 Å². The highest BCUT2D eigenvalue weighted by molar-refractivity contribution is 5.45. The van der Waals surface area contributed by atoms with Gasteiger partial charge in [0.2, 0.25) is 0 Å². The zero-order valence-electron chi connectivity index (χ0n) is 9.71. The summed E-state index contributed by atoms with van der Waals surface area (Å²) in [6, 6.07) is 4.68. The van der Waals surface area contributed by atoms with Crippen LogP contribution in [0.3, 0.4) is 0 Å². The fourth-order valence-electron chi connectivity index (χ4n) is 2.40. The van der Waals surface area contributed by atoms with Crippen molar-refractivity contribution in [2.75, 3.05) is 7.11 Å². The lowest BCUT2D eigenvalue weighted by atomic mass is 9.74. The van der Waals surface area contributed by atoms with Gasteiger partial charge in [0.05, 0.1) is 7.11 Å². The molecule has 0 atom stereocenters. The molecule has 1 fully saturated rings. The van der Waals surface area contributed by atoms with Crippen LogP contribution < -0.4 is 10.5 Å². The molecule has 1 aliphatic carbocycles. The Hall–Kier alpha value is -1.02. The van der Waals surface area contributed by atoms with Gasteiger partial charge in [0.25, 0.3) is 0 Å². The Morgan fingerprint density at radius 1 is 1.20 bits per heavy atom. The van der Waals surface area contributed by atoms with E-state index < -0.39 is 0 Å². The Bertz CT molecular complexity index is 367. The molecule has 0 spiro atoms. The van der Waals surface area contributed by atoms with Crippen LogP contribution in [0.2, 0.25) is 0 Å². The van der Waals surface area contributed by atoms with Gasteiger partial charge in [-0.25, -0.2) is 0 Å². The minimum absolute atomic E-state index is 0.414. The summed E-state index contributed by atoms with van der Waals surface area (Å²) >= 11 is 0. The Balaban J connectivity index is 2.30.